The number of hydrogen-bond acceptors (Lipinski definition) is 10. The van der Waals surface area contributed by atoms with Crippen molar-refractivity contribution in [2.24, 2.45) is 5.41 Å². The lowest BCUT2D eigenvalue weighted by Gasteiger charge is -2.46. The van der Waals surface area contributed by atoms with Gasteiger partial charge in [0.05, 0.1) is 37.2 Å². The monoisotopic (exact) mass is 725 g/mol. The van der Waals surface area contributed by atoms with Crippen LogP contribution in [0.25, 0.3) is 11.3 Å². The van der Waals surface area contributed by atoms with Gasteiger partial charge < -0.3 is 19.9 Å². The van der Waals surface area contributed by atoms with Crippen LogP contribution in [-0.2, 0) is 20.9 Å². The van der Waals surface area contributed by atoms with Crippen molar-refractivity contribution in [1.29, 1.82) is 5.26 Å². The van der Waals surface area contributed by atoms with Gasteiger partial charge in [-0.1, -0.05) is 32.9 Å². The smallest absolute Gasteiger partial charge is 0.277 e. The number of halogens is 4. The number of anilines is 1. The van der Waals surface area contributed by atoms with Crippen molar-refractivity contribution in [3.8, 4) is 23.1 Å². The van der Waals surface area contributed by atoms with Crippen LogP contribution in [0.15, 0.2) is 48.0 Å². The largest absolute Gasteiger partial charge is 0.509 e. The van der Waals surface area contributed by atoms with Gasteiger partial charge in [-0.3, -0.25) is 19.5 Å². The first-order chi connectivity index (χ1) is 24.6. The summed E-state index contributed by atoms with van der Waals surface area (Å²) in [5.74, 6) is -5.49. The highest BCUT2D eigenvalue weighted by molar-refractivity contribution is 6.24. The molecule has 16 heteroatoms. The molecule has 1 unspecified atom stereocenters. The Labute approximate surface area is 298 Å². The van der Waals surface area contributed by atoms with Gasteiger partial charge in [-0.05, 0) is 30.5 Å². The molecule has 0 saturated carbocycles. The summed E-state index contributed by atoms with van der Waals surface area (Å²) in [4.78, 5) is 38.1. The van der Waals surface area contributed by atoms with Crippen molar-refractivity contribution in [1.82, 2.24) is 24.9 Å². The molecule has 3 aromatic rings. The minimum absolute atomic E-state index is 0.0112. The van der Waals surface area contributed by atoms with Crippen LogP contribution in [-0.4, -0.2) is 94.4 Å². The normalized spacial score (nSPS) is 17.4. The number of likely N-dealkylation sites (N-methyl/N-ethyl adjacent to an activating group) is 1. The number of hydrogen-bond donors (Lipinski definition) is 2. The van der Waals surface area contributed by atoms with E-state index in [0.717, 1.165) is 23.5 Å². The average Bonchev–Trinajstić information content (AvgIpc) is 3.09. The molecule has 276 valence electrons. The van der Waals surface area contributed by atoms with E-state index in [-0.39, 0.29) is 46.1 Å². The second kappa shape index (κ2) is 15.6. The third-order valence-electron chi connectivity index (χ3n) is 8.97. The number of hydrazine groups is 1. The number of benzene rings is 2. The Kier molecular flexibility index (Phi) is 11.5. The molecule has 12 nitrogen and oxygen atoms in total. The summed E-state index contributed by atoms with van der Waals surface area (Å²) in [7, 11) is 1.47. The van der Waals surface area contributed by atoms with Crippen LogP contribution in [0, 0.1) is 35.3 Å². The van der Waals surface area contributed by atoms with Crippen LogP contribution < -0.4 is 10.1 Å². The van der Waals surface area contributed by atoms with E-state index in [4.69, 9.17) is 9.47 Å². The number of alkyl halides is 2. The molecule has 2 aliphatic rings. The van der Waals surface area contributed by atoms with Gasteiger partial charge in [-0.15, -0.1) is 0 Å². The summed E-state index contributed by atoms with van der Waals surface area (Å²) < 4.78 is 69.2. The molecule has 1 atom stereocenters. The number of aliphatic hydroxyl groups is 1. The fraction of sp³-hybridized carbons (Fsp3) is 0.417. The van der Waals surface area contributed by atoms with Gasteiger partial charge in [0.1, 0.15) is 36.0 Å². The Balaban J connectivity index is 1.45. The van der Waals surface area contributed by atoms with E-state index in [1.54, 1.807) is 20.8 Å². The van der Waals surface area contributed by atoms with Crippen LogP contribution in [0.5, 0.6) is 5.75 Å². The number of nitrogens with zero attached hydrogens (tertiary/aromatic N) is 6. The number of nitrogens with one attached hydrogen (secondary N) is 1. The molecule has 2 aromatic carbocycles. The maximum Gasteiger partial charge on any atom is 0.277 e. The number of nitriles is 1. The zero-order chi connectivity index (χ0) is 37.9. The topological polar surface area (TPSA) is 144 Å². The Morgan fingerprint density at radius 1 is 1.15 bits per heavy atom. The third-order valence-corrected chi connectivity index (χ3v) is 8.97. The zero-order valence-corrected chi connectivity index (χ0v) is 29.3. The van der Waals surface area contributed by atoms with Gasteiger partial charge >= 0.3 is 0 Å². The van der Waals surface area contributed by atoms with Gasteiger partial charge in [-0.25, -0.2) is 28.1 Å². The number of amides is 2. The number of carbonyl (C=O) groups is 2. The molecule has 1 fully saturated rings. The second-order valence-corrected chi connectivity index (χ2v) is 13.5. The van der Waals surface area contributed by atoms with Crippen molar-refractivity contribution in [3.63, 3.8) is 0 Å². The lowest BCUT2D eigenvalue weighted by atomic mass is 9.82. The van der Waals surface area contributed by atoms with E-state index >= 15 is 8.78 Å². The molecular weight excluding hydrogens is 686 g/mol. The highest BCUT2D eigenvalue weighted by Crippen LogP contribution is 2.38. The maximum atomic E-state index is 15.5. The average molecular weight is 726 g/mol. The molecule has 2 amide bonds. The summed E-state index contributed by atoms with van der Waals surface area (Å²) in [6, 6.07) is 6.82. The SMILES string of the molecule is Cc1c(C#N)ncnc1-c1cc(C(F)F)ccc1NC(=O)C1=C(O)C(C(C)(C)C)N(C)N(Cc2ccc(OCCN3CCOCC3)c(F)c2F)C1=O. The minimum atomic E-state index is -2.88. The van der Waals surface area contributed by atoms with E-state index < -0.39 is 64.8 Å². The van der Waals surface area contributed by atoms with E-state index in [2.05, 4.69) is 20.2 Å². The first kappa shape index (κ1) is 38.1. The lowest BCUT2D eigenvalue weighted by Crippen LogP contribution is -2.59. The highest BCUT2D eigenvalue weighted by atomic mass is 19.3. The number of carbonyl (C=O) groups excluding carboxylic acids is 2. The van der Waals surface area contributed by atoms with Crippen LogP contribution in [0.3, 0.4) is 0 Å². The van der Waals surface area contributed by atoms with Crippen molar-refractivity contribution in [2.75, 3.05) is 51.8 Å². The van der Waals surface area contributed by atoms with Gasteiger partial charge in [0.25, 0.3) is 18.2 Å². The van der Waals surface area contributed by atoms with E-state index in [0.29, 0.717) is 32.8 Å². The van der Waals surface area contributed by atoms with Crippen molar-refractivity contribution < 1.29 is 41.7 Å². The molecule has 3 heterocycles. The molecule has 0 bridgehead atoms. The second-order valence-electron chi connectivity index (χ2n) is 13.5. The number of morpholine rings is 1. The highest BCUT2D eigenvalue weighted by Gasteiger charge is 2.46. The van der Waals surface area contributed by atoms with Gasteiger partial charge in [-0.2, -0.15) is 9.65 Å². The van der Waals surface area contributed by atoms with Crippen LogP contribution in [0.1, 0.15) is 49.6 Å². The predicted octanol–water partition coefficient (Wildman–Crippen LogP) is 5.31. The summed E-state index contributed by atoms with van der Waals surface area (Å²) in [6.45, 7) is 9.42. The minimum Gasteiger partial charge on any atom is -0.509 e. The van der Waals surface area contributed by atoms with Crippen LogP contribution >= 0.6 is 0 Å². The van der Waals surface area contributed by atoms with E-state index in [1.165, 1.54) is 37.2 Å². The number of rotatable bonds is 10. The van der Waals surface area contributed by atoms with Crippen molar-refractivity contribution in [2.45, 2.75) is 46.7 Å². The Morgan fingerprint density at radius 3 is 2.52 bits per heavy atom. The molecule has 5 rings (SSSR count). The van der Waals surface area contributed by atoms with E-state index in [9.17, 15) is 28.7 Å². The molecule has 2 N–H and O–H groups in total. The summed E-state index contributed by atoms with van der Waals surface area (Å²) in [5, 5.41) is 25.9. The number of aromatic nitrogens is 2. The standard InChI is InChI=1S/C36H39F4N7O5/c1-20-25(17-41)42-19-43-30(20)23-16-21(33(39)40)6-8-24(23)44-34(49)27-31(48)32(36(2,3)4)45(5)47(35(27)50)18-22-7-9-26(29(38)28(22)37)52-15-12-46-10-13-51-14-11-46/h6-9,16,19,32-33,48H,10-15,18H2,1-5H3,(H,44,49). The van der Waals surface area contributed by atoms with Crippen LogP contribution in [0.4, 0.5) is 23.2 Å². The van der Waals surface area contributed by atoms with E-state index in [1.807, 2.05) is 6.07 Å². The summed E-state index contributed by atoms with van der Waals surface area (Å²) >= 11 is 0. The van der Waals surface area contributed by atoms with Gasteiger partial charge in [0.15, 0.2) is 11.6 Å². The molecule has 0 spiro atoms. The molecule has 52 heavy (non-hydrogen) atoms. The molecule has 0 radical (unpaired) electrons. The summed E-state index contributed by atoms with van der Waals surface area (Å²) in [6.07, 6.45) is -1.81. The lowest BCUT2D eigenvalue weighted by molar-refractivity contribution is -0.158. The summed E-state index contributed by atoms with van der Waals surface area (Å²) in [5.41, 5.74) is -1.84. The third kappa shape index (κ3) is 7.86. The predicted molar refractivity (Wildman–Crippen MR) is 181 cm³/mol. The first-order valence-corrected chi connectivity index (χ1v) is 16.5. The van der Waals surface area contributed by atoms with Gasteiger partial charge in [0, 0.05) is 48.9 Å². The maximum absolute atomic E-state index is 15.5. The first-order valence-electron chi connectivity index (χ1n) is 16.5. The molecule has 1 aromatic heterocycles. The fourth-order valence-corrected chi connectivity index (χ4v) is 6.30. The Hall–Kier alpha value is -5.11. The molecule has 0 aliphatic carbocycles. The molecular formula is C36H39F4N7O5. The fourth-order valence-electron chi connectivity index (χ4n) is 6.30. The molecule has 1 saturated heterocycles. The van der Waals surface area contributed by atoms with Crippen molar-refractivity contribution >= 4 is 17.5 Å². The Morgan fingerprint density at radius 2 is 1.87 bits per heavy atom. The number of ether oxygens (including phenoxy) is 2. The number of aliphatic hydroxyl groups excluding tert-OH is 1. The zero-order valence-electron chi connectivity index (χ0n) is 29.3. The Bertz CT molecular complexity index is 1920. The van der Waals surface area contributed by atoms with Crippen molar-refractivity contribution in [3.05, 3.63) is 82.0 Å². The quantitative estimate of drug-likeness (QED) is 0.209. The van der Waals surface area contributed by atoms with Gasteiger partial charge in [0.2, 0.25) is 5.82 Å². The molecule has 2 aliphatic heterocycles. The van der Waals surface area contributed by atoms with Crippen LogP contribution in [0.2, 0.25) is 0 Å².